The predicted molar refractivity (Wildman–Crippen MR) is 84.5 cm³/mol. The highest BCUT2D eigenvalue weighted by Crippen LogP contribution is 2.21. The van der Waals surface area contributed by atoms with Gasteiger partial charge in [0.05, 0.1) is 24.4 Å². The Balaban J connectivity index is 1.65. The first-order valence-corrected chi connectivity index (χ1v) is 7.64. The number of carbonyl (C=O) groups excluding carboxylic acids is 1. The summed E-state index contributed by atoms with van der Waals surface area (Å²) in [6, 6.07) is 11.0. The monoisotopic (exact) mass is 325 g/mol. The average molecular weight is 326 g/mol. The molecule has 0 spiro atoms. The number of halogens is 1. The SMILES string of the molecule is COc1ccc(OCCNC(=O)Cc2ccc(Cl)s2)cc1. The Kier molecular flexibility index (Phi) is 5.90. The van der Waals surface area contributed by atoms with Crippen molar-refractivity contribution in [3.8, 4) is 11.5 Å². The standard InChI is InChI=1S/C15H16ClNO3S/c1-19-11-2-4-12(5-3-11)20-9-8-17-15(18)10-13-6-7-14(16)21-13/h2-7H,8-10H2,1H3,(H,17,18). The Morgan fingerprint density at radius 2 is 1.90 bits per heavy atom. The summed E-state index contributed by atoms with van der Waals surface area (Å²) in [5, 5.41) is 2.81. The minimum atomic E-state index is -0.0353. The molecule has 6 heteroatoms. The van der Waals surface area contributed by atoms with Gasteiger partial charge in [-0.1, -0.05) is 11.6 Å². The Hall–Kier alpha value is -1.72. The Morgan fingerprint density at radius 1 is 1.19 bits per heavy atom. The third-order valence-electron chi connectivity index (χ3n) is 2.72. The number of rotatable bonds is 7. The van der Waals surface area contributed by atoms with Crippen molar-refractivity contribution in [2.45, 2.75) is 6.42 Å². The lowest BCUT2D eigenvalue weighted by Gasteiger charge is -2.08. The first-order valence-electron chi connectivity index (χ1n) is 6.45. The third-order valence-corrected chi connectivity index (χ3v) is 3.95. The number of hydrogen-bond acceptors (Lipinski definition) is 4. The highest BCUT2D eigenvalue weighted by atomic mass is 35.5. The number of benzene rings is 1. The molecule has 0 saturated heterocycles. The number of ether oxygens (including phenoxy) is 2. The molecule has 2 aromatic rings. The molecule has 1 aromatic heterocycles. The van der Waals surface area contributed by atoms with Crippen molar-refractivity contribution in [1.29, 1.82) is 0 Å². The maximum absolute atomic E-state index is 11.7. The second-order valence-electron chi connectivity index (χ2n) is 4.26. The number of thiophene rings is 1. The van der Waals surface area contributed by atoms with Crippen molar-refractivity contribution in [3.63, 3.8) is 0 Å². The van der Waals surface area contributed by atoms with Crippen LogP contribution in [0.1, 0.15) is 4.88 Å². The second kappa shape index (κ2) is 7.90. The molecule has 21 heavy (non-hydrogen) atoms. The summed E-state index contributed by atoms with van der Waals surface area (Å²) in [7, 11) is 1.62. The highest BCUT2D eigenvalue weighted by molar-refractivity contribution is 7.16. The van der Waals surface area contributed by atoms with Gasteiger partial charge in [-0.05, 0) is 36.4 Å². The van der Waals surface area contributed by atoms with Gasteiger partial charge < -0.3 is 14.8 Å². The molecule has 4 nitrogen and oxygen atoms in total. The van der Waals surface area contributed by atoms with E-state index in [0.717, 1.165) is 16.4 Å². The van der Waals surface area contributed by atoms with Crippen LogP contribution >= 0.6 is 22.9 Å². The summed E-state index contributed by atoms with van der Waals surface area (Å²) < 4.78 is 11.3. The van der Waals surface area contributed by atoms with Crippen molar-refractivity contribution in [2.75, 3.05) is 20.3 Å². The van der Waals surface area contributed by atoms with Gasteiger partial charge in [-0.3, -0.25) is 4.79 Å². The van der Waals surface area contributed by atoms with Crippen LogP contribution in [0.2, 0.25) is 4.34 Å². The van der Waals surface area contributed by atoms with E-state index in [1.807, 2.05) is 30.3 Å². The van der Waals surface area contributed by atoms with Gasteiger partial charge in [-0.2, -0.15) is 0 Å². The maximum Gasteiger partial charge on any atom is 0.225 e. The summed E-state index contributed by atoms with van der Waals surface area (Å²) in [6.45, 7) is 0.882. The first-order chi connectivity index (χ1) is 10.2. The Labute approximate surface area is 132 Å². The molecule has 1 aromatic carbocycles. The van der Waals surface area contributed by atoms with Crippen molar-refractivity contribution >= 4 is 28.8 Å². The summed E-state index contributed by atoms with van der Waals surface area (Å²) in [5.41, 5.74) is 0. The van der Waals surface area contributed by atoms with E-state index in [0.29, 0.717) is 23.9 Å². The molecule has 0 radical (unpaired) electrons. The zero-order valence-electron chi connectivity index (χ0n) is 11.6. The fraction of sp³-hybridized carbons (Fsp3) is 0.267. The lowest BCUT2D eigenvalue weighted by atomic mass is 10.3. The van der Waals surface area contributed by atoms with E-state index in [1.54, 1.807) is 13.2 Å². The van der Waals surface area contributed by atoms with Gasteiger partial charge in [0.1, 0.15) is 18.1 Å². The van der Waals surface area contributed by atoms with Gasteiger partial charge in [0.15, 0.2) is 0 Å². The van der Waals surface area contributed by atoms with E-state index in [-0.39, 0.29) is 5.91 Å². The lowest BCUT2D eigenvalue weighted by Crippen LogP contribution is -2.29. The second-order valence-corrected chi connectivity index (χ2v) is 6.06. The van der Waals surface area contributed by atoms with Crippen molar-refractivity contribution in [3.05, 3.63) is 45.6 Å². The van der Waals surface area contributed by atoms with Gasteiger partial charge >= 0.3 is 0 Å². The molecule has 112 valence electrons. The zero-order valence-corrected chi connectivity index (χ0v) is 13.2. The molecular weight excluding hydrogens is 310 g/mol. The summed E-state index contributed by atoms with van der Waals surface area (Å²) >= 11 is 7.24. The molecule has 1 amide bonds. The van der Waals surface area contributed by atoms with Gasteiger partial charge in [0.2, 0.25) is 5.91 Å². The van der Waals surface area contributed by atoms with E-state index >= 15 is 0 Å². The minimum Gasteiger partial charge on any atom is -0.497 e. The van der Waals surface area contributed by atoms with Crippen LogP contribution in [0.3, 0.4) is 0 Å². The van der Waals surface area contributed by atoms with Crippen LogP contribution in [-0.2, 0) is 11.2 Å². The van der Waals surface area contributed by atoms with Crippen LogP contribution in [0.25, 0.3) is 0 Å². The molecular formula is C15H16ClNO3S. The van der Waals surface area contributed by atoms with Crippen molar-refractivity contribution < 1.29 is 14.3 Å². The van der Waals surface area contributed by atoms with Crippen LogP contribution < -0.4 is 14.8 Å². The molecule has 0 fully saturated rings. The first kappa shape index (κ1) is 15.7. The molecule has 1 heterocycles. The normalized spacial score (nSPS) is 10.2. The number of hydrogen-bond donors (Lipinski definition) is 1. The van der Waals surface area contributed by atoms with Crippen LogP contribution in [0, 0.1) is 0 Å². The Bertz CT molecular complexity index is 583. The molecule has 2 rings (SSSR count). The average Bonchev–Trinajstić information content (AvgIpc) is 2.89. The van der Waals surface area contributed by atoms with Crippen LogP contribution in [0.15, 0.2) is 36.4 Å². The smallest absolute Gasteiger partial charge is 0.225 e. The quantitative estimate of drug-likeness (QED) is 0.795. The molecule has 0 unspecified atom stereocenters. The van der Waals surface area contributed by atoms with Crippen molar-refractivity contribution in [1.82, 2.24) is 5.32 Å². The van der Waals surface area contributed by atoms with E-state index in [9.17, 15) is 4.79 Å². The lowest BCUT2D eigenvalue weighted by molar-refractivity contribution is -0.120. The molecule has 0 aliphatic rings. The number of methoxy groups -OCH3 is 1. The van der Waals surface area contributed by atoms with Crippen LogP contribution in [0.5, 0.6) is 11.5 Å². The minimum absolute atomic E-state index is 0.0353. The van der Waals surface area contributed by atoms with Gasteiger partial charge in [-0.25, -0.2) is 0 Å². The van der Waals surface area contributed by atoms with Crippen LogP contribution in [-0.4, -0.2) is 26.2 Å². The van der Waals surface area contributed by atoms with E-state index in [1.165, 1.54) is 11.3 Å². The fourth-order valence-corrected chi connectivity index (χ4v) is 2.78. The van der Waals surface area contributed by atoms with Crippen LogP contribution in [0.4, 0.5) is 0 Å². The molecule has 0 aliphatic carbocycles. The van der Waals surface area contributed by atoms with Gasteiger partial charge in [0, 0.05) is 4.88 Å². The molecule has 0 bridgehead atoms. The predicted octanol–water partition coefficient (Wildman–Crippen LogP) is 3.15. The number of nitrogens with one attached hydrogen (secondary N) is 1. The van der Waals surface area contributed by atoms with E-state index < -0.39 is 0 Å². The largest absolute Gasteiger partial charge is 0.497 e. The maximum atomic E-state index is 11.7. The number of amides is 1. The molecule has 0 aliphatic heterocycles. The summed E-state index contributed by atoms with van der Waals surface area (Å²) in [4.78, 5) is 12.6. The Morgan fingerprint density at radius 3 is 2.52 bits per heavy atom. The number of carbonyl (C=O) groups is 1. The topological polar surface area (TPSA) is 47.6 Å². The molecule has 1 N–H and O–H groups in total. The zero-order chi connectivity index (χ0) is 15.1. The molecule has 0 atom stereocenters. The van der Waals surface area contributed by atoms with Gasteiger partial charge in [0.25, 0.3) is 0 Å². The fourth-order valence-electron chi connectivity index (χ4n) is 1.70. The summed E-state index contributed by atoms with van der Waals surface area (Å²) in [5.74, 6) is 1.49. The molecule has 0 saturated carbocycles. The van der Waals surface area contributed by atoms with E-state index in [2.05, 4.69) is 5.32 Å². The third kappa shape index (κ3) is 5.28. The van der Waals surface area contributed by atoms with Gasteiger partial charge in [-0.15, -0.1) is 11.3 Å². The summed E-state index contributed by atoms with van der Waals surface area (Å²) in [6.07, 6.45) is 0.347. The highest BCUT2D eigenvalue weighted by Gasteiger charge is 2.05. The van der Waals surface area contributed by atoms with Crippen molar-refractivity contribution in [2.24, 2.45) is 0 Å². The van der Waals surface area contributed by atoms with E-state index in [4.69, 9.17) is 21.1 Å².